The monoisotopic (exact) mass is 422 g/mol. The summed E-state index contributed by atoms with van der Waals surface area (Å²) < 4.78 is 1.55. The Balaban J connectivity index is 2.26. The Morgan fingerprint density at radius 2 is 2.10 bits per heavy atom. The highest BCUT2D eigenvalue weighted by Crippen LogP contribution is 2.19. The summed E-state index contributed by atoms with van der Waals surface area (Å²) in [4.78, 5) is 33.4. The number of anilines is 2. The number of rotatable bonds is 9. The summed E-state index contributed by atoms with van der Waals surface area (Å²) in [5.74, 6) is 1.39. The van der Waals surface area contributed by atoms with Crippen molar-refractivity contribution < 1.29 is 9.59 Å². The number of amidine groups is 1. The van der Waals surface area contributed by atoms with Gasteiger partial charge < -0.3 is 16.0 Å². The van der Waals surface area contributed by atoms with Crippen molar-refractivity contribution in [1.82, 2.24) is 24.8 Å². The molecular formula is C21H26N8O2. The Hall–Kier alpha value is -4.21. The Labute approximate surface area is 180 Å². The highest BCUT2D eigenvalue weighted by atomic mass is 16.1. The minimum absolute atomic E-state index is 0.273. The summed E-state index contributed by atoms with van der Waals surface area (Å²) in [6, 6.07) is 1.77. The molecular weight excluding hydrogens is 396 g/mol. The van der Waals surface area contributed by atoms with Crippen molar-refractivity contribution >= 4 is 35.4 Å². The molecule has 0 radical (unpaired) electrons. The fourth-order valence-corrected chi connectivity index (χ4v) is 2.62. The van der Waals surface area contributed by atoms with E-state index < -0.39 is 0 Å². The average Bonchev–Trinajstić information content (AvgIpc) is 3.21. The third-order valence-electron chi connectivity index (χ3n) is 4.11. The number of fused-ring (bicyclic) bond motifs is 1. The van der Waals surface area contributed by atoms with Crippen LogP contribution in [0.4, 0.5) is 11.6 Å². The molecule has 2 amide bonds. The van der Waals surface area contributed by atoms with Crippen LogP contribution in [0.5, 0.6) is 0 Å². The summed E-state index contributed by atoms with van der Waals surface area (Å²) in [7, 11) is 4.91. The lowest BCUT2D eigenvalue weighted by Crippen LogP contribution is -2.22. The van der Waals surface area contributed by atoms with Gasteiger partial charge in [0.25, 0.3) is 5.91 Å². The number of aromatic nitrogens is 3. The van der Waals surface area contributed by atoms with E-state index in [2.05, 4.69) is 37.6 Å². The van der Waals surface area contributed by atoms with Gasteiger partial charge in [0.15, 0.2) is 5.65 Å². The number of hydrogen-bond donors (Lipinski definition) is 3. The third kappa shape index (κ3) is 5.66. The van der Waals surface area contributed by atoms with Crippen LogP contribution in [-0.4, -0.2) is 58.8 Å². The zero-order valence-electron chi connectivity index (χ0n) is 18.0. The first-order valence-electron chi connectivity index (χ1n) is 9.39. The smallest absolute Gasteiger partial charge is 0.256 e. The second-order valence-electron chi connectivity index (χ2n) is 6.15. The second-order valence-corrected chi connectivity index (χ2v) is 6.15. The third-order valence-corrected chi connectivity index (χ3v) is 4.11. The van der Waals surface area contributed by atoms with Crippen LogP contribution in [0.2, 0.25) is 0 Å². The largest absolute Gasteiger partial charge is 0.373 e. The minimum atomic E-state index is -0.273. The summed E-state index contributed by atoms with van der Waals surface area (Å²) in [5.41, 5.74) is 1.55. The molecule has 3 N–H and O–H groups in total. The van der Waals surface area contributed by atoms with Crippen LogP contribution in [0.1, 0.15) is 17.3 Å². The van der Waals surface area contributed by atoms with Crippen LogP contribution in [0.3, 0.4) is 0 Å². The molecule has 0 bridgehead atoms. The molecule has 0 aromatic carbocycles. The SMILES string of the molecule is C=C/C=C\C(=NC)N(C=O)/C=C\C=C(/C)Nc1cc(NC)n2ncc(C(=O)NC)c2n1. The van der Waals surface area contributed by atoms with Gasteiger partial charge in [0, 0.05) is 39.1 Å². The van der Waals surface area contributed by atoms with Crippen molar-refractivity contribution in [3.63, 3.8) is 0 Å². The molecule has 2 rings (SSSR count). The lowest BCUT2D eigenvalue weighted by molar-refractivity contribution is -0.113. The van der Waals surface area contributed by atoms with Crippen LogP contribution in [0.25, 0.3) is 5.65 Å². The Bertz CT molecular complexity index is 1080. The molecule has 0 aliphatic heterocycles. The molecule has 0 spiro atoms. The molecule has 162 valence electrons. The maximum Gasteiger partial charge on any atom is 0.256 e. The number of allylic oxidation sites excluding steroid dienone is 5. The van der Waals surface area contributed by atoms with Crippen LogP contribution in [0, 0.1) is 0 Å². The van der Waals surface area contributed by atoms with E-state index in [9.17, 15) is 9.59 Å². The Morgan fingerprint density at radius 3 is 2.71 bits per heavy atom. The summed E-state index contributed by atoms with van der Waals surface area (Å²) in [5, 5.41) is 13.0. The predicted octanol–water partition coefficient (Wildman–Crippen LogP) is 2.19. The number of nitrogens with zero attached hydrogens (tertiary/aromatic N) is 5. The van der Waals surface area contributed by atoms with Gasteiger partial charge in [0.2, 0.25) is 6.41 Å². The summed E-state index contributed by atoms with van der Waals surface area (Å²) >= 11 is 0. The molecule has 10 nitrogen and oxygen atoms in total. The molecule has 0 saturated heterocycles. The number of hydrogen-bond acceptors (Lipinski definition) is 7. The number of carbonyl (C=O) groups is 2. The fraction of sp³-hybridized carbons (Fsp3) is 0.190. The standard InChI is InChI=1S/C21H26N8O2/c1-6-7-10-18(22-3)28(14-30)11-8-9-15(2)26-17-12-19(23-4)29-20(27-17)16(13-25-29)21(31)24-5/h6-14,23H,1H2,2-5H3,(H,24,31)(H,26,27)/b10-7-,11-8-,15-9+,22-18?. The Kier molecular flexibility index (Phi) is 8.26. The number of amides is 2. The topological polar surface area (TPSA) is 116 Å². The molecule has 0 aliphatic rings. The molecule has 0 aliphatic carbocycles. The van der Waals surface area contributed by atoms with Gasteiger partial charge in [-0.1, -0.05) is 18.7 Å². The van der Waals surface area contributed by atoms with Crippen LogP contribution in [0.15, 0.2) is 66.1 Å². The zero-order valence-corrected chi connectivity index (χ0v) is 18.0. The fourth-order valence-electron chi connectivity index (χ4n) is 2.62. The average molecular weight is 422 g/mol. The molecule has 0 fully saturated rings. The van der Waals surface area contributed by atoms with Crippen molar-refractivity contribution in [2.24, 2.45) is 4.99 Å². The van der Waals surface area contributed by atoms with Crippen molar-refractivity contribution in [2.45, 2.75) is 6.92 Å². The van der Waals surface area contributed by atoms with Gasteiger partial charge in [-0.05, 0) is 25.2 Å². The molecule has 2 aromatic rings. The normalized spacial score (nSPS) is 12.4. The molecule has 2 aromatic heterocycles. The van der Waals surface area contributed by atoms with Gasteiger partial charge in [-0.3, -0.25) is 19.5 Å². The van der Waals surface area contributed by atoms with E-state index in [4.69, 9.17) is 0 Å². The van der Waals surface area contributed by atoms with Crippen LogP contribution >= 0.6 is 0 Å². The maximum absolute atomic E-state index is 12.1. The molecule has 0 atom stereocenters. The molecule has 2 heterocycles. The van der Waals surface area contributed by atoms with Crippen LogP contribution < -0.4 is 16.0 Å². The van der Waals surface area contributed by atoms with Gasteiger partial charge in [0.05, 0.1) is 6.20 Å². The van der Waals surface area contributed by atoms with E-state index in [0.29, 0.717) is 35.1 Å². The first-order valence-corrected chi connectivity index (χ1v) is 9.39. The van der Waals surface area contributed by atoms with Crippen molar-refractivity contribution in [2.75, 3.05) is 31.8 Å². The summed E-state index contributed by atoms with van der Waals surface area (Å²) in [6.07, 6.45) is 12.2. The Morgan fingerprint density at radius 1 is 1.32 bits per heavy atom. The number of carbonyl (C=O) groups excluding carboxylic acids is 2. The predicted molar refractivity (Wildman–Crippen MR) is 123 cm³/mol. The quantitative estimate of drug-likeness (QED) is 0.247. The van der Waals surface area contributed by atoms with E-state index in [-0.39, 0.29) is 5.91 Å². The molecule has 31 heavy (non-hydrogen) atoms. The molecule has 10 heteroatoms. The minimum Gasteiger partial charge on any atom is -0.373 e. The van der Waals surface area contributed by atoms with E-state index >= 15 is 0 Å². The van der Waals surface area contributed by atoms with E-state index in [1.165, 1.54) is 11.1 Å². The van der Waals surface area contributed by atoms with Gasteiger partial charge in [-0.25, -0.2) is 4.98 Å². The van der Waals surface area contributed by atoms with Crippen molar-refractivity contribution in [1.29, 1.82) is 0 Å². The van der Waals surface area contributed by atoms with E-state index in [1.807, 2.05) is 6.92 Å². The lowest BCUT2D eigenvalue weighted by Gasteiger charge is -2.11. The second kappa shape index (κ2) is 11.1. The van der Waals surface area contributed by atoms with Gasteiger partial charge >= 0.3 is 0 Å². The lowest BCUT2D eigenvalue weighted by atomic mass is 10.3. The van der Waals surface area contributed by atoms with Crippen molar-refractivity contribution in [3.8, 4) is 0 Å². The van der Waals surface area contributed by atoms with Crippen molar-refractivity contribution in [3.05, 3.63) is 66.7 Å². The highest BCUT2D eigenvalue weighted by Gasteiger charge is 2.15. The molecule has 0 unspecified atom stereocenters. The first kappa shape index (κ1) is 23.1. The van der Waals surface area contributed by atoms with E-state index in [1.54, 1.807) is 68.3 Å². The van der Waals surface area contributed by atoms with Gasteiger partial charge in [-0.2, -0.15) is 9.61 Å². The molecule has 0 saturated carbocycles. The highest BCUT2D eigenvalue weighted by molar-refractivity contribution is 6.00. The number of aliphatic imine (C=N–C) groups is 1. The van der Waals surface area contributed by atoms with Crippen LogP contribution in [-0.2, 0) is 4.79 Å². The van der Waals surface area contributed by atoms with Gasteiger partial charge in [-0.15, -0.1) is 0 Å². The number of nitrogens with one attached hydrogen (secondary N) is 3. The summed E-state index contributed by atoms with van der Waals surface area (Å²) in [6.45, 7) is 5.45. The zero-order chi connectivity index (χ0) is 22.8. The first-order chi connectivity index (χ1) is 15.0. The van der Waals surface area contributed by atoms with Gasteiger partial charge in [0.1, 0.15) is 23.0 Å². The van der Waals surface area contributed by atoms with E-state index in [0.717, 1.165) is 5.70 Å². The maximum atomic E-state index is 12.1.